The largest absolute Gasteiger partial charge is 0.477 e. The van der Waals surface area contributed by atoms with Crippen LogP contribution in [-0.2, 0) is 12.8 Å². The topological polar surface area (TPSA) is 104 Å². The zero-order chi connectivity index (χ0) is 20.3. The van der Waals surface area contributed by atoms with Crippen molar-refractivity contribution >= 4 is 50.6 Å². The minimum Gasteiger partial charge on any atom is -0.477 e. The molecule has 1 amide bonds. The molecule has 0 aliphatic carbocycles. The summed E-state index contributed by atoms with van der Waals surface area (Å²) in [5.41, 5.74) is 3.36. The van der Waals surface area contributed by atoms with Crippen LogP contribution in [0.25, 0.3) is 0 Å². The van der Waals surface area contributed by atoms with Crippen LogP contribution in [-0.4, -0.2) is 26.3 Å². The van der Waals surface area contributed by atoms with Crippen LogP contribution in [0.3, 0.4) is 0 Å². The maximum atomic E-state index is 12.9. The summed E-state index contributed by atoms with van der Waals surface area (Å²) in [5.74, 6) is -1.27. The Morgan fingerprint density at radius 2 is 1.93 bits per heavy atom. The van der Waals surface area contributed by atoms with E-state index >= 15 is 0 Å². The normalized spacial score (nSPS) is 10.7. The summed E-state index contributed by atoms with van der Waals surface area (Å²) < 4.78 is 4.28. The number of carbonyl (C=O) groups is 2. The number of benzene rings is 1. The van der Waals surface area contributed by atoms with Crippen LogP contribution in [0.5, 0.6) is 0 Å². The highest BCUT2D eigenvalue weighted by atomic mass is 32.1. The molecule has 0 radical (unpaired) electrons. The van der Waals surface area contributed by atoms with E-state index in [1.54, 1.807) is 6.92 Å². The third-order valence-electron chi connectivity index (χ3n) is 4.18. The summed E-state index contributed by atoms with van der Waals surface area (Å²) in [6.07, 6.45) is 1.32. The Balaban J connectivity index is 1.88. The van der Waals surface area contributed by atoms with Crippen molar-refractivity contribution in [2.75, 3.05) is 10.6 Å². The number of amides is 1. The van der Waals surface area contributed by atoms with Gasteiger partial charge in [0.05, 0.1) is 17.0 Å². The number of aryl methyl sites for hydroxylation is 3. The number of nitrogens with one attached hydrogen (secondary N) is 2. The number of carbonyl (C=O) groups excluding carboxylic acids is 1. The lowest BCUT2D eigenvalue weighted by Gasteiger charge is -2.10. The number of thiazole rings is 1. The maximum Gasteiger partial charge on any atom is 0.347 e. The van der Waals surface area contributed by atoms with Crippen LogP contribution in [0.4, 0.5) is 15.8 Å². The molecule has 0 saturated heterocycles. The fraction of sp³-hybridized carbons (Fsp3) is 0.263. The van der Waals surface area contributed by atoms with Crippen molar-refractivity contribution in [3.8, 4) is 0 Å². The fourth-order valence-electron chi connectivity index (χ4n) is 2.77. The van der Waals surface area contributed by atoms with Crippen LogP contribution in [0.1, 0.15) is 50.8 Å². The van der Waals surface area contributed by atoms with Crippen LogP contribution < -0.4 is 10.6 Å². The minimum absolute atomic E-state index is 0.203. The molecule has 146 valence electrons. The van der Waals surface area contributed by atoms with Crippen LogP contribution >= 0.6 is 22.9 Å². The molecular formula is C19H20N4O3S2. The fourth-order valence-corrected chi connectivity index (χ4v) is 4.52. The Morgan fingerprint density at radius 1 is 1.18 bits per heavy atom. The van der Waals surface area contributed by atoms with E-state index in [0.29, 0.717) is 33.5 Å². The minimum atomic E-state index is -1.00. The van der Waals surface area contributed by atoms with Gasteiger partial charge in [0.15, 0.2) is 5.13 Å². The van der Waals surface area contributed by atoms with Crippen LogP contribution in [0, 0.1) is 6.92 Å². The molecule has 0 atom stereocenters. The first-order chi connectivity index (χ1) is 13.4. The van der Waals surface area contributed by atoms with Gasteiger partial charge < -0.3 is 15.7 Å². The van der Waals surface area contributed by atoms with Crippen molar-refractivity contribution in [3.05, 3.63) is 51.7 Å². The number of anilines is 3. The SMILES string of the molecule is CCc1ccccc1NC(=O)c1c(C)nsc1Nc1nc(CC)c(C(=O)O)s1. The molecule has 9 heteroatoms. The third-order valence-corrected chi connectivity index (χ3v) is 6.04. The van der Waals surface area contributed by atoms with Gasteiger partial charge in [0, 0.05) is 5.69 Å². The predicted molar refractivity (Wildman–Crippen MR) is 112 cm³/mol. The molecule has 2 aromatic heterocycles. The first kappa shape index (κ1) is 20.0. The second-order valence-corrected chi connectivity index (χ2v) is 7.79. The Kier molecular flexibility index (Phi) is 6.05. The van der Waals surface area contributed by atoms with Gasteiger partial charge in [-0.15, -0.1) is 0 Å². The van der Waals surface area contributed by atoms with Crippen molar-refractivity contribution in [2.24, 2.45) is 0 Å². The lowest BCUT2D eigenvalue weighted by Crippen LogP contribution is -2.15. The van der Waals surface area contributed by atoms with E-state index in [2.05, 4.69) is 20.0 Å². The molecule has 3 N–H and O–H groups in total. The first-order valence-electron chi connectivity index (χ1n) is 8.80. The second kappa shape index (κ2) is 8.49. The third kappa shape index (κ3) is 4.05. The van der Waals surface area contributed by atoms with E-state index < -0.39 is 5.97 Å². The smallest absolute Gasteiger partial charge is 0.347 e. The van der Waals surface area contributed by atoms with Gasteiger partial charge in [-0.1, -0.05) is 43.4 Å². The van der Waals surface area contributed by atoms with Crippen molar-refractivity contribution in [2.45, 2.75) is 33.6 Å². The maximum absolute atomic E-state index is 12.9. The molecule has 0 aliphatic rings. The molecule has 7 nitrogen and oxygen atoms in total. The molecule has 28 heavy (non-hydrogen) atoms. The molecular weight excluding hydrogens is 396 g/mol. The van der Waals surface area contributed by atoms with E-state index in [4.69, 9.17) is 0 Å². The summed E-state index contributed by atoms with van der Waals surface area (Å²) in [5, 5.41) is 16.3. The summed E-state index contributed by atoms with van der Waals surface area (Å²) in [4.78, 5) is 28.8. The number of rotatable bonds is 7. The quantitative estimate of drug-likeness (QED) is 0.514. The highest BCUT2D eigenvalue weighted by Crippen LogP contribution is 2.32. The standard InChI is InChI=1S/C19H20N4O3S2/c1-4-11-8-6-7-9-13(11)20-16(24)14-10(3)23-28-17(14)22-19-21-12(5-2)15(27-19)18(25)26/h6-9H,4-5H2,1-3H3,(H,20,24)(H,21,22)(H,25,26). The summed E-state index contributed by atoms with van der Waals surface area (Å²) in [7, 11) is 0. The summed E-state index contributed by atoms with van der Waals surface area (Å²) in [6.45, 7) is 5.65. The monoisotopic (exact) mass is 416 g/mol. The molecule has 0 unspecified atom stereocenters. The highest BCUT2D eigenvalue weighted by molar-refractivity contribution is 7.18. The van der Waals surface area contributed by atoms with Gasteiger partial charge in [-0.2, -0.15) is 4.37 Å². The molecule has 3 rings (SSSR count). The van der Waals surface area contributed by atoms with Gasteiger partial charge in [-0.3, -0.25) is 4.79 Å². The molecule has 1 aromatic carbocycles. The summed E-state index contributed by atoms with van der Waals surface area (Å²) >= 11 is 2.20. The number of nitrogens with zero attached hydrogens (tertiary/aromatic N) is 2. The average molecular weight is 417 g/mol. The average Bonchev–Trinajstić information content (AvgIpc) is 3.25. The number of aromatic carboxylic acids is 1. The number of carboxylic acids is 1. The van der Waals surface area contributed by atoms with E-state index in [1.165, 1.54) is 0 Å². The molecule has 0 aliphatic heterocycles. The Hall–Kier alpha value is -2.78. The lowest BCUT2D eigenvalue weighted by molar-refractivity contribution is 0.0700. The highest BCUT2D eigenvalue weighted by Gasteiger charge is 2.22. The van der Waals surface area contributed by atoms with Gasteiger partial charge in [-0.05, 0) is 42.9 Å². The second-order valence-electron chi connectivity index (χ2n) is 6.02. The van der Waals surface area contributed by atoms with Gasteiger partial charge >= 0.3 is 5.97 Å². The number of aromatic nitrogens is 2. The number of hydrogen-bond donors (Lipinski definition) is 3. The zero-order valence-electron chi connectivity index (χ0n) is 15.7. The number of carboxylic acid groups (broad SMARTS) is 1. The molecule has 0 fully saturated rings. The first-order valence-corrected chi connectivity index (χ1v) is 10.4. The van der Waals surface area contributed by atoms with E-state index in [0.717, 1.165) is 40.5 Å². The Labute approximate surface area is 170 Å². The van der Waals surface area contributed by atoms with E-state index in [1.807, 2.05) is 38.1 Å². The Morgan fingerprint density at radius 3 is 2.57 bits per heavy atom. The molecule has 3 aromatic rings. The Bertz CT molecular complexity index is 1030. The molecule has 0 saturated carbocycles. The van der Waals surface area contributed by atoms with Crippen LogP contribution in [0.2, 0.25) is 0 Å². The van der Waals surface area contributed by atoms with Gasteiger partial charge in [0.1, 0.15) is 9.88 Å². The van der Waals surface area contributed by atoms with Crippen molar-refractivity contribution in [1.29, 1.82) is 0 Å². The van der Waals surface area contributed by atoms with Crippen molar-refractivity contribution < 1.29 is 14.7 Å². The summed E-state index contributed by atoms with van der Waals surface area (Å²) in [6, 6.07) is 7.66. The predicted octanol–water partition coefficient (Wildman–Crippen LogP) is 4.73. The molecule has 2 heterocycles. The molecule has 0 bridgehead atoms. The number of hydrogen-bond acceptors (Lipinski definition) is 7. The number of para-hydroxylation sites is 1. The van der Waals surface area contributed by atoms with Crippen molar-refractivity contribution in [1.82, 2.24) is 9.36 Å². The van der Waals surface area contributed by atoms with E-state index in [9.17, 15) is 14.7 Å². The van der Waals surface area contributed by atoms with Crippen molar-refractivity contribution in [3.63, 3.8) is 0 Å². The van der Waals surface area contributed by atoms with E-state index in [-0.39, 0.29) is 10.8 Å². The van der Waals surface area contributed by atoms with Gasteiger partial charge in [0.2, 0.25) is 0 Å². The zero-order valence-corrected chi connectivity index (χ0v) is 17.3. The van der Waals surface area contributed by atoms with Gasteiger partial charge in [-0.25, -0.2) is 9.78 Å². The molecule has 0 spiro atoms. The lowest BCUT2D eigenvalue weighted by atomic mass is 10.1. The van der Waals surface area contributed by atoms with Crippen LogP contribution in [0.15, 0.2) is 24.3 Å². The van der Waals surface area contributed by atoms with Gasteiger partial charge in [0.25, 0.3) is 5.91 Å².